The molecule has 3 nitrogen and oxygen atoms in total. The largest absolute Gasteiger partial charge is 0.573 e. The first-order chi connectivity index (χ1) is 10.6. The lowest BCUT2D eigenvalue weighted by molar-refractivity contribution is -0.274. The van der Waals surface area contributed by atoms with Gasteiger partial charge in [-0.2, -0.15) is 0 Å². The van der Waals surface area contributed by atoms with Gasteiger partial charge in [0.15, 0.2) is 0 Å². The fourth-order valence-corrected chi connectivity index (χ4v) is 2.91. The van der Waals surface area contributed by atoms with Crippen molar-refractivity contribution in [2.75, 3.05) is 7.11 Å². The van der Waals surface area contributed by atoms with Gasteiger partial charge in [-0.15, -0.1) is 13.2 Å². The van der Waals surface area contributed by atoms with E-state index in [0.717, 1.165) is 0 Å². The molecular weight excluding hydrogens is 333 g/mol. The lowest BCUT2D eigenvalue weighted by Gasteiger charge is -2.09. The molecule has 1 saturated carbocycles. The van der Waals surface area contributed by atoms with Gasteiger partial charge in [-0.3, -0.25) is 4.79 Å². The van der Waals surface area contributed by atoms with Crippen LogP contribution in [0.4, 0.5) is 13.2 Å². The number of rotatable bonds is 4. The van der Waals surface area contributed by atoms with Crippen LogP contribution in [0.15, 0.2) is 30.3 Å². The van der Waals surface area contributed by atoms with Gasteiger partial charge in [0, 0.05) is 5.03 Å². The van der Waals surface area contributed by atoms with Crippen LogP contribution in [-0.4, -0.2) is 19.4 Å². The first-order valence-corrected chi connectivity index (χ1v) is 7.25. The normalized spacial score (nSPS) is 23.3. The molecule has 2 unspecified atom stereocenters. The van der Waals surface area contributed by atoms with Gasteiger partial charge in [0.25, 0.3) is 0 Å². The molecule has 0 saturated heterocycles. The number of allylic oxidation sites excluding steroid dienone is 1. The van der Waals surface area contributed by atoms with Gasteiger partial charge in [-0.25, -0.2) is 0 Å². The fourth-order valence-electron chi connectivity index (χ4n) is 2.66. The number of benzene rings is 1. The van der Waals surface area contributed by atoms with Crippen molar-refractivity contribution >= 4 is 22.6 Å². The van der Waals surface area contributed by atoms with Crippen molar-refractivity contribution in [2.45, 2.75) is 20.2 Å². The Morgan fingerprint density at radius 1 is 1.35 bits per heavy atom. The maximum absolute atomic E-state index is 12.3. The van der Waals surface area contributed by atoms with E-state index < -0.39 is 6.36 Å². The minimum atomic E-state index is -4.76. The van der Waals surface area contributed by atoms with Gasteiger partial charge in [-0.1, -0.05) is 43.7 Å². The summed E-state index contributed by atoms with van der Waals surface area (Å²) in [6.07, 6.45) is -3.08. The second-order valence-corrected chi connectivity index (χ2v) is 6.35. The number of methoxy groups -OCH3 is 1. The third-order valence-corrected chi connectivity index (χ3v) is 4.38. The number of halogens is 4. The van der Waals surface area contributed by atoms with Crippen molar-refractivity contribution in [3.05, 3.63) is 35.9 Å². The molecule has 1 aliphatic carbocycles. The van der Waals surface area contributed by atoms with E-state index in [4.69, 9.17) is 16.3 Å². The maximum Gasteiger partial charge on any atom is 0.573 e. The zero-order chi connectivity index (χ0) is 17.4. The molecule has 0 spiro atoms. The lowest BCUT2D eigenvalue weighted by Crippen LogP contribution is -2.17. The van der Waals surface area contributed by atoms with E-state index in [0.29, 0.717) is 5.56 Å². The summed E-state index contributed by atoms with van der Waals surface area (Å²) in [7, 11) is 1.32. The third-order valence-electron chi connectivity index (χ3n) is 4.04. The zero-order valence-electron chi connectivity index (χ0n) is 12.8. The monoisotopic (exact) mass is 348 g/mol. The molecule has 0 radical (unpaired) electrons. The molecule has 0 aromatic heterocycles. The Morgan fingerprint density at radius 2 is 2.00 bits per heavy atom. The maximum atomic E-state index is 12.3. The van der Waals surface area contributed by atoms with E-state index in [-0.39, 0.29) is 34.0 Å². The van der Waals surface area contributed by atoms with E-state index in [2.05, 4.69) is 4.74 Å². The molecule has 2 rings (SSSR count). The van der Waals surface area contributed by atoms with Crippen LogP contribution in [0.3, 0.4) is 0 Å². The Labute approximate surface area is 137 Å². The van der Waals surface area contributed by atoms with Gasteiger partial charge in [-0.05, 0) is 29.0 Å². The van der Waals surface area contributed by atoms with Crippen LogP contribution in [-0.2, 0) is 9.53 Å². The minimum absolute atomic E-state index is 0.130. The molecule has 7 heteroatoms. The second-order valence-electron chi connectivity index (χ2n) is 5.94. The molecule has 1 aromatic carbocycles. The van der Waals surface area contributed by atoms with Gasteiger partial charge < -0.3 is 9.47 Å². The Kier molecular flexibility index (Phi) is 4.66. The van der Waals surface area contributed by atoms with Gasteiger partial charge >= 0.3 is 12.3 Å². The summed E-state index contributed by atoms with van der Waals surface area (Å²) >= 11 is 6.20. The van der Waals surface area contributed by atoms with E-state index in [1.54, 1.807) is 12.1 Å². The average Bonchev–Trinajstić information content (AvgIpc) is 2.97. The number of carbonyl (C=O) groups excluding carboxylic acids is 1. The standard InChI is InChI=1S/C16H16ClF3O3/c1-15(2)11(13(15)14(21)22-3)8-12(17)9-5-4-6-10(7-9)23-16(18,19)20/h4-8,11,13H,1-3H3. The molecule has 0 bridgehead atoms. The summed E-state index contributed by atoms with van der Waals surface area (Å²) in [6, 6.07) is 5.39. The Balaban J connectivity index is 2.19. The molecule has 0 amide bonds. The molecule has 2 atom stereocenters. The molecule has 126 valence electrons. The smallest absolute Gasteiger partial charge is 0.469 e. The van der Waals surface area contributed by atoms with Gasteiger partial charge in [0.05, 0.1) is 13.0 Å². The van der Waals surface area contributed by atoms with Crippen LogP contribution >= 0.6 is 11.6 Å². The van der Waals surface area contributed by atoms with E-state index in [1.807, 2.05) is 13.8 Å². The molecule has 23 heavy (non-hydrogen) atoms. The van der Waals surface area contributed by atoms with Crippen molar-refractivity contribution in [2.24, 2.45) is 17.3 Å². The highest BCUT2D eigenvalue weighted by molar-refractivity contribution is 6.48. The second kappa shape index (κ2) is 6.07. The highest BCUT2D eigenvalue weighted by Gasteiger charge is 2.61. The summed E-state index contributed by atoms with van der Waals surface area (Å²) in [5.74, 6) is -1.11. The zero-order valence-corrected chi connectivity index (χ0v) is 13.5. The number of hydrogen-bond acceptors (Lipinski definition) is 3. The van der Waals surface area contributed by atoms with E-state index in [9.17, 15) is 18.0 Å². The fraction of sp³-hybridized carbons (Fsp3) is 0.438. The van der Waals surface area contributed by atoms with Crippen molar-refractivity contribution in [3.63, 3.8) is 0 Å². The molecule has 0 N–H and O–H groups in total. The predicted octanol–water partition coefficient (Wildman–Crippen LogP) is 4.61. The molecule has 1 aromatic rings. The number of hydrogen-bond donors (Lipinski definition) is 0. The quantitative estimate of drug-likeness (QED) is 0.745. The van der Waals surface area contributed by atoms with Gasteiger partial charge in [0.2, 0.25) is 0 Å². The van der Waals surface area contributed by atoms with Crippen LogP contribution in [0, 0.1) is 17.3 Å². The first-order valence-electron chi connectivity index (χ1n) is 6.87. The van der Waals surface area contributed by atoms with Crippen molar-refractivity contribution in [1.82, 2.24) is 0 Å². The highest BCUT2D eigenvalue weighted by Crippen LogP contribution is 2.60. The van der Waals surface area contributed by atoms with Gasteiger partial charge in [0.1, 0.15) is 5.75 Å². The minimum Gasteiger partial charge on any atom is -0.469 e. The molecule has 0 heterocycles. The summed E-state index contributed by atoms with van der Waals surface area (Å²) < 4.78 is 45.4. The summed E-state index contributed by atoms with van der Waals surface area (Å²) in [5, 5.41) is 0.266. The Bertz CT molecular complexity index is 638. The van der Waals surface area contributed by atoms with Crippen molar-refractivity contribution < 1.29 is 27.4 Å². The van der Waals surface area contributed by atoms with Crippen LogP contribution < -0.4 is 4.74 Å². The van der Waals surface area contributed by atoms with E-state index >= 15 is 0 Å². The van der Waals surface area contributed by atoms with Crippen LogP contribution in [0.1, 0.15) is 19.4 Å². The Hall–Kier alpha value is -1.69. The van der Waals surface area contributed by atoms with Crippen LogP contribution in [0.2, 0.25) is 0 Å². The first kappa shape index (κ1) is 17.7. The average molecular weight is 349 g/mol. The van der Waals surface area contributed by atoms with E-state index in [1.165, 1.54) is 25.3 Å². The van der Waals surface area contributed by atoms with Crippen molar-refractivity contribution in [3.8, 4) is 5.75 Å². The summed E-state index contributed by atoms with van der Waals surface area (Å²) in [6.45, 7) is 3.81. The predicted molar refractivity (Wildman–Crippen MR) is 79.7 cm³/mol. The molecule has 1 aliphatic rings. The number of alkyl halides is 3. The van der Waals surface area contributed by atoms with Crippen LogP contribution in [0.5, 0.6) is 5.75 Å². The highest BCUT2D eigenvalue weighted by atomic mass is 35.5. The summed E-state index contributed by atoms with van der Waals surface area (Å²) in [4.78, 5) is 11.7. The number of esters is 1. The molecular formula is C16H16ClF3O3. The number of carbonyl (C=O) groups is 1. The molecule has 0 aliphatic heterocycles. The van der Waals surface area contributed by atoms with Crippen molar-refractivity contribution in [1.29, 1.82) is 0 Å². The van der Waals surface area contributed by atoms with Crippen LogP contribution in [0.25, 0.3) is 5.03 Å². The summed E-state index contributed by atoms with van der Waals surface area (Å²) in [5.41, 5.74) is 0.0903. The SMILES string of the molecule is COC(=O)C1C(C=C(Cl)c2cccc(OC(F)(F)F)c2)C1(C)C. The number of ether oxygens (including phenoxy) is 2. The third kappa shape index (κ3) is 3.99. The Morgan fingerprint density at radius 3 is 2.57 bits per heavy atom. The molecule has 1 fully saturated rings. The lowest BCUT2D eigenvalue weighted by atomic mass is 10.1. The topological polar surface area (TPSA) is 35.5 Å².